The molecule has 0 spiro atoms. The van der Waals surface area contributed by atoms with Gasteiger partial charge in [0.05, 0.1) is 6.54 Å². The second-order valence-corrected chi connectivity index (χ2v) is 6.35. The van der Waals surface area contributed by atoms with Gasteiger partial charge in [0.2, 0.25) is 5.89 Å². The van der Waals surface area contributed by atoms with Crippen molar-refractivity contribution in [2.75, 3.05) is 5.73 Å². The summed E-state index contributed by atoms with van der Waals surface area (Å²) in [5.41, 5.74) is 7.47. The minimum absolute atomic E-state index is 0.0861. The smallest absolute Gasteiger partial charge is 0.312 e. The van der Waals surface area contributed by atoms with Crippen LogP contribution in [0.15, 0.2) is 52.9 Å². The Kier molecular flexibility index (Phi) is 4.53. The van der Waals surface area contributed by atoms with Crippen LogP contribution in [0.25, 0.3) is 0 Å². The molecule has 26 heavy (non-hydrogen) atoms. The number of nitrogen functional groups attached to an aromatic ring is 1. The number of anilines is 1. The van der Waals surface area contributed by atoms with Crippen molar-refractivity contribution in [1.82, 2.24) is 15.5 Å². The summed E-state index contributed by atoms with van der Waals surface area (Å²) >= 11 is 0. The molecule has 1 aliphatic rings. The van der Waals surface area contributed by atoms with Gasteiger partial charge in [0, 0.05) is 12.0 Å². The number of nitrogens with two attached hydrogens (primary N) is 1. The summed E-state index contributed by atoms with van der Waals surface area (Å²) in [5.74, 6) is 1.48. The molecule has 3 aromatic rings. The van der Waals surface area contributed by atoms with Crippen LogP contribution in [0.1, 0.15) is 29.4 Å². The molecule has 0 amide bonds. The van der Waals surface area contributed by atoms with Crippen LogP contribution in [0.5, 0.6) is 5.75 Å². The molecule has 1 fully saturated rings. The summed E-state index contributed by atoms with van der Waals surface area (Å²) in [5, 5.41) is 10.8. The van der Waals surface area contributed by atoms with E-state index in [1.54, 1.807) is 6.07 Å². The van der Waals surface area contributed by atoms with Crippen molar-refractivity contribution in [2.24, 2.45) is 0 Å². The number of ether oxygens (including phenoxy) is 1. The molecule has 4 rings (SSSR count). The molecular weight excluding hydrogens is 335 g/mol. The number of hydrogen-bond donors (Lipinski definition) is 2. The van der Waals surface area contributed by atoms with E-state index in [1.165, 1.54) is 17.7 Å². The maximum Gasteiger partial charge on any atom is 0.312 e. The van der Waals surface area contributed by atoms with E-state index in [-0.39, 0.29) is 11.8 Å². The molecule has 0 radical (unpaired) electrons. The van der Waals surface area contributed by atoms with Gasteiger partial charge in [0.15, 0.2) is 0 Å². The highest BCUT2D eigenvalue weighted by molar-refractivity contribution is 5.34. The first-order valence-corrected chi connectivity index (χ1v) is 8.46. The largest absolute Gasteiger partial charge is 0.489 e. The summed E-state index contributed by atoms with van der Waals surface area (Å²) < 4.78 is 24.0. The molecule has 1 aromatic heterocycles. The van der Waals surface area contributed by atoms with E-state index in [9.17, 15) is 4.39 Å². The van der Waals surface area contributed by atoms with Crippen LogP contribution in [-0.4, -0.2) is 16.2 Å². The normalized spacial score (nSPS) is 18.7. The summed E-state index contributed by atoms with van der Waals surface area (Å²) in [6, 6.07) is 14.9. The van der Waals surface area contributed by atoms with E-state index in [2.05, 4.69) is 27.6 Å². The van der Waals surface area contributed by atoms with Crippen LogP contribution in [0.3, 0.4) is 0 Å². The van der Waals surface area contributed by atoms with Crippen molar-refractivity contribution in [1.29, 1.82) is 0 Å². The third-order valence-corrected chi connectivity index (χ3v) is 4.39. The van der Waals surface area contributed by atoms with Crippen molar-refractivity contribution >= 4 is 6.01 Å². The molecule has 2 unspecified atom stereocenters. The van der Waals surface area contributed by atoms with Gasteiger partial charge in [-0.05, 0) is 41.8 Å². The average Bonchev–Trinajstić information content (AvgIpc) is 3.31. The standard InChI is InChI=1S/C19H19FN4O2/c20-14-3-1-2-12(8-14)11-25-15-6-4-13(5-7-15)16-9-17(16)22-10-18-23-24-19(21)26-18/h1-8,16-17,22H,9-11H2,(H2,21,24). The predicted octanol–water partition coefficient (Wildman–Crippen LogP) is 3.02. The average molecular weight is 354 g/mol. The highest BCUT2D eigenvalue weighted by atomic mass is 19.1. The third kappa shape index (κ3) is 4.00. The van der Waals surface area contributed by atoms with Crippen molar-refractivity contribution < 1.29 is 13.5 Å². The van der Waals surface area contributed by atoms with E-state index in [0.717, 1.165) is 17.7 Å². The van der Waals surface area contributed by atoms with Gasteiger partial charge >= 0.3 is 6.01 Å². The number of rotatable bonds is 7. The van der Waals surface area contributed by atoms with Gasteiger partial charge in [0.25, 0.3) is 0 Å². The lowest BCUT2D eigenvalue weighted by atomic mass is 10.1. The number of halogens is 1. The number of nitrogens with one attached hydrogen (secondary N) is 1. The molecule has 6 nitrogen and oxygen atoms in total. The molecule has 0 aliphatic heterocycles. The van der Waals surface area contributed by atoms with E-state index < -0.39 is 0 Å². The summed E-state index contributed by atoms with van der Waals surface area (Å²) in [6.07, 6.45) is 1.06. The van der Waals surface area contributed by atoms with Crippen LogP contribution < -0.4 is 15.8 Å². The fourth-order valence-electron chi connectivity index (χ4n) is 2.95. The Morgan fingerprint density at radius 2 is 2.04 bits per heavy atom. The zero-order chi connectivity index (χ0) is 17.9. The van der Waals surface area contributed by atoms with Crippen LogP contribution in [0.4, 0.5) is 10.4 Å². The highest BCUT2D eigenvalue weighted by Crippen LogP contribution is 2.41. The molecule has 7 heteroatoms. The van der Waals surface area contributed by atoms with Gasteiger partial charge < -0.3 is 20.2 Å². The lowest BCUT2D eigenvalue weighted by Crippen LogP contribution is -2.17. The SMILES string of the molecule is Nc1nnc(CNC2CC2c2ccc(OCc3cccc(F)c3)cc2)o1. The Hall–Kier alpha value is -2.93. The minimum atomic E-state index is -0.253. The van der Waals surface area contributed by atoms with Crippen molar-refractivity contribution in [3.8, 4) is 5.75 Å². The molecule has 0 bridgehead atoms. The number of nitrogens with zero attached hydrogens (tertiary/aromatic N) is 2. The van der Waals surface area contributed by atoms with Gasteiger partial charge in [-0.3, -0.25) is 0 Å². The van der Waals surface area contributed by atoms with Crippen LogP contribution in [0.2, 0.25) is 0 Å². The first-order chi connectivity index (χ1) is 12.7. The first-order valence-electron chi connectivity index (χ1n) is 8.46. The quantitative estimate of drug-likeness (QED) is 0.678. The first kappa shape index (κ1) is 16.5. The second-order valence-electron chi connectivity index (χ2n) is 6.35. The van der Waals surface area contributed by atoms with E-state index in [0.29, 0.717) is 31.0 Å². The monoisotopic (exact) mass is 354 g/mol. The Bertz CT molecular complexity index is 881. The van der Waals surface area contributed by atoms with Crippen LogP contribution in [-0.2, 0) is 13.2 Å². The van der Waals surface area contributed by atoms with E-state index in [4.69, 9.17) is 14.9 Å². The van der Waals surface area contributed by atoms with Crippen molar-refractivity contribution in [2.45, 2.75) is 31.5 Å². The lowest BCUT2D eigenvalue weighted by Gasteiger charge is -2.08. The predicted molar refractivity (Wildman–Crippen MR) is 93.9 cm³/mol. The van der Waals surface area contributed by atoms with E-state index >= 15 is 0 Å². The zero-order valence-electron chi connectivity index (χ0n) is 14.1. The van der Waals surface area contributed by atoms with Crippen LogP contribution >= 0.6 is 0 Å². The number of hydrogen-bond acceptors (Lipinski definition) is 6. The topological polar surface area (TPSA) is 86.2 Å². The Labute approximate surface area is 150 Å². The molecule has 134 valence electrons. The lowest BCUT2D eigenvalue weighted by molar-refractivity contribution is 0.305. The molecule has 0 saturated heterocycles. The molecule has 2 atom stereocenters. The Morgan fingerprint density at radius 1 is 1.19 bits per heavy atom. The fraction of sp³-hybridized carbons (Fsp3) is 0.263. The zero-order valence-corrected chi connectivity index (χ0v) is 14.1. The van der Waals surface area contributed by atoms with Crippen molar-refractivity contribution in [3.05, 3.63) is 71.4 Å². The minimum Gasteiger partial charge on any atom is -0.489 e. The number of aromatic nitrogens is 2. The highest BCUT2D eigenvalue weighted by Gasteiger charge is 2.38. The van der Waals surface area contributed by atoms with Gasteiger partial charge in [-0.25, -0.2) is 4.39 Å². The summed E-state index contributed by atoms with van der Waals surface area (Å²) in [6.45, 7) is 0.859. The second kappa shape index (κ2) is 7.13. The maximum atomic E-state index is 13.2. The molecule has 1 aliphatic carbocycles. The molecular formula is C19H19FN4O2. The number of benzene rings is 2. The fourth-order valence-corrected chi connectivity index (χ4v) is 2.95. The summed E-state index contributed by atoms with van der Waals surface area (Å²) in [4.78, 5) is 0. The van der Waals surface area contributed by atoms with Crippen molar-refractivity contribution in [3.63, 3.8) is 0 Å². The van der Waals surface area contributed by atoms with Gasteiger partial charge in [-0.15, -0.1) is 5.10 Å². The van der Waals surface area contributed by atoms with Gasteiger partial charge in [0.1, 0.15) is 18.2 Å². The molecule has 1 saturated carbocycles. The Balaban J connectivity index is 1.27. The molecule has 2 aromatic carbocycles. The molecule has 3 N–H and O–H groups in total. The maximum absolute atomic E-state index is 13.2. The third-order valence-electron chi connectivity index (χ3n) is 4.39. The van der Waals surface area contributed by atoms with E-state index in [1.807, 2.05) is 18.2 Å². The van der Waals surface area contributed by atoms with Crippen LogP contribution in [0, 0.1) is 5.82 Å². The molecule has 1 heterocycles. The summed E-state index contributed by atoms with van der Waals surface area (Å²) in [7, 11) is 0. The van der Waals surface area contributed by atoms with Gasteiger partial charge in [-0.1, -0.05) is 29.4 Å². The Morgan fingerprint density at radius 3 is 2.77 bits per heavy atom. The van der Waals surface area contributed by atoms with Gasteiger partial charge in [-0.2, -0.15) is 0 Å².